The number of benzene rings is 2. The van der Waals surface area contributed by atoms with Crippen LogP contribution in [0.15, 0.2) is 47.5 Å². The number of carbonyl (C=O) groups excluding carboxylic acids is 1. The van der Waals surface area contributed by atoms with Crippen molar-refractivity contribution >= 4 is 41.5 Å². The number of hydrogen-bond acceptors (Lipinski definition) is 4. The van der Waals surface area contributed by atoms with Crippen molar-refractivity contribution < 1.29 is 14.3 Å². The Labute approximate surface area is 207 Å². The highest BCUT2D eigenvalue weighted by Gasteiger charge is 2.19. The minimum absolute atomic E-state index is 0. The Kier molecular flexibility index (Phi) is 10.6. The number of aliphatic imine (C=N–C) groups is 1. The maximum Gasteiger partial charge on any atom is 0.226 e. The Morgan fingerprint density at radius 1 is 1.00 bits per heavy atom. The average molecular weight is 552 g/mol. The molecule has 1 aliphatic rings. The van der Waals surface area contributed by atoms with Crippen LogP contribution in [-0.2, 0) is 17.9 Å². The van der Waals surface area contributed by atoms with Crippen molar-refractivity contribution in [3.05, 3.63) is 53.6 Å². The summed E-state index contributed by atoms with van der Waals surface area (Å²) in [6, 6.07) is 14.0. The highest BCUT2D eigenvalue weighted by Crippen LogP contribution is 2.27. The highest BCUT2D eigenvalue weighted by molar-refractivity contribution is 14.0. The maximum absolute atomic E-state index is 12.1. The van der Waals surface area contributed by atoms with E-state index in [4.69, 9.17) is 9.47 Å². The molecule has 2 aromatic rings. The SMILES string of the molecule is CCNC(=NCc1ccc(OC)c(OC)c1)NCc1ccc(N2CCCCC2=O)cc1.I. The number of guanidine groups is 1. The number of hydrogen-bond donors (Lipinski definition) is 2. The third-order valence-corrected chi connectivity index (χ3v) is 5.24. The zero-order valence-electron chi connectivity index (χ0n) is 19.0. The molecule has 2 aromatic carbocycles. The Hall–Kier alpha value is -2.49. The fraction of sp³-hybridized carbons (Fsp3) is 0.417. The number of rotatable bonds is 8. The summed E-state index contributed by atoms with van der Waals surface area (Å²) < 4.78 is 10.7. The molecule has 0 spiro atoms. The molecule has 174 valence electrons. The van der Waals surface area contributed by atoms with Gasteiger partial charge in [-0.15, -0.1) is 24.0 Å². The molecular weight excluding hydrogens is 519 g/mol. The third kappa shape index (κ3) is 7.01. The van der Waals surface area contributed by atoms with Gasteiger partial charge in [-0.2, -0.15) is 0 Å². The van der Waals surface area contributed by atoms with Crippen molar-refractivity contribution in [2.45, 2.75) is 39.3 Å². The van der Waals surface area contributed by atoms with Crippen molar-refractivity contribution in [2.75, 3.05) is 32.2 Å². The number of nitrogens with zero attached hydrogens (tertiary/aromatic N) is 2. The summed E-state index contributed by atoms with van der Waals surface area (Å²) in [5, 5.41) is 6.64. The van der Waals surface area contributed by atoms with E-state index in [1.54, 1.807) is 14.2 Å². The topological polar surface area (TPSA) is 75.2 Å². The molecule has 0 saturated carbocycles. The Bertz CT molecular complexity index is 903. The standard InChI is InChI=1S/C24H32N4O3.HI/c1-4-25-24(27-17-19-10-13-21(30-2)22(15-19)31-3)26-16-18-8-11-20(12-9-18)28-14-6-5-7-23(28)29;/h8-13,15H,4-7,14,16-17H2,1-3H3,(H2,25,26,27);1H. The number of amides is 1. The van der Waals surface area contributed by atoms with Crippen LogP contribution in [0.25, 0.3) is 0 Å². The molecule has 1 aliphatic heterocycles. The molecule has 0 bridgehead atoms. The van der Waals surface area contributed by atoms with E-state index in [1.807, 2.05) is 42.2 Å². The molecule has 1 heterocycles. The fourth-order valence-corrected chi connectivity index (χ4v) is 3.55. The second-order valence-corrected chi connectivity index (χ2v) is 7.41. The summed E-state index contributed by atoms with van der Waals surface area (Å²) in [6.07, 6.45) is 2.71. The summed E-state index contributed by atoms with van der Waals surface area (Å²) in [6.45, 7) is 4.79. The van der Waals surface area contributed by atoms with Gasteiger partial charge in [0, 0.05) is 31.7 Å². The molecular formula is C24H33IN4O3. The minimum Gasteiger partial charge on any atom is -0.493 e. The molecule has 8 heteroatoms. The van der Waals surface area contributed by atoms with E-state index in [0.717, 1.165) is 48.7 Å². The van der Waals surface area contributed by atoms with Crippen LogP contribution in [0, 0.1) is 0 Å². The van der Waals surface area contributed by atoms with Gasteiger partial charge in [-0.05, 0) is 55.2 Å². The average Bonchev–Trinajstić information content (AvgIpc) is 2.81. The van der Waals surface area contributed by atoms with Gasteiger partial charge in [0.2, 0.25) is 5.91 Å². The molecule has 1 saturated heterocycles. The van der Waals surface area contributed by atoms with Crippen LogP contribution in [0.3, 0.4) is 0 Å². The highest BCUT2D eigenvalue weighted by atomic mass is 127. The first kappa shape index (κ1) is 25.8. The van der Waals surface area contributed by atoms with E-state index >= 15 is 0 Å². The zero-order valence-corrected chi connectivity index (χ0v) is 21.3. The maximum atomic E-state index is 12.1. The lowest BCUT2D eigenvalue weighted by molar-refractivity contribution is -0.119. The summed E-state index contributed by atoms with van der Waals surface area (Å²) in [5.41, 5.74) is 3.14. The van der Waals surface area contributed by atoms with Crippen molar-refractivity contribution in [2.24, 2.45) is 4.99 Å². The smallest absolute Gasteiger partial charge is 0.226 e. The number of ether oxygens (including phenoxy) is 2. The molecule has 0 aliphatic carbocycles. The molecule has 0 aromatic heterocycles. The molecule has 1 fully saturated rings. The van der Waals surface area contributed by atoms with Gasteiger partial charge in [0.25, 0.3) is 0 Å². The summed E-state index contributed by atoms with van der Waals surface area (Å²) in [4.78, 5) is 18.7. The van der Waals surface area contributed by atoms with Gasteiger partial charge in [0.05, 0.1) is 20.8 Å². The normalized spacial score (nSPS) is 13.9. The number of anilines is 1. The Balaban J connectivity index is 0.00000363. The van der Waals surface area contributed by atoms with E-state index in [9.17, 15) is 4.79 Å². The predicted molar refractivity (Wildman–Crippen MR) is 139 cm³/mol. The van der Waals surface area contributed by atoms with Crippen LogP contribution in [-0.4, -0.2) is 39.2 Å². The van der Waals surface area contributed by atoms with Gasteiger partial charge in [0.1, 0.15) is 0 Å². The van der Waals surface area contributed by atoms with E-state index in [2.05, 4.69) is 27.8 Å². The van der Waals surface area contributed by atoms with Crippen LogP contribution >= 0.6 is 24.0 Å². The van der Waals surface area contributed by atoms with Crippen molar-refractivity contribution in [1.82, 2.24) is 10.6 Å². The van der Waals surface area contributed by atoms with E-state index < -0.39 is 0 Å². The van der Waals surface area contributed by atoms with Gasteiger partial charge in [0.15, 0.2) is 17.5 Å². The minimum atomic E-state index is 0. The van der Waals surface area contributed by atoms with Crippen molar-refractivity contribution in [3.8, 4) is 11.5 Å². The van der Waals surface area contributed by atoms with Crippen LogP contribution in [0.5, 0.6) is 11.5 Å². The van der Waals surface area contributed by atoms with Gasteiger partial charge in [-0.1, -0.05) is 18.2 Å². The summed E-state index contributed by atoms with van der Waals surface area (Å²) in [7, 11) is 3.25. The number of nitrogens with one attached hydrogen (secondary N) is 2. The van der Waals surface area contributed by atoms with Gasteiger partial charge >= 0.3 is 0 Å². The first-order chi connectivity index (χ1) is 15.1. The lowest BCUT2D eigenvalue weighted by Crippen LogP contribution is -2.37. The Morgan fingerprint density at radius 3 is 2.38 bits per heavy atom. The molecule has 0 unspecified atom stereocenters. The van der Waals surface area contributed by atoms with E-state index in [-0.39, 0.29) is 29.9 Å². The molecule has 3 rings (SSSR count). The van der Waals surface area contributed by atoms with Crippen LogP contribution in [0.4, 0.5) is 5.69 Å². The van der Waals surface area contributed by atoms with Crippen LogP contribution < -0.4 is 25.0 Å². The molecule has 32 heavy (non-hydrogen) atoms. The first-order valence-electron chi connectivity index (χ1n) is 10.8. The number of carbonyl (C=O) groups is 1. The lowest BCUT2D eigenvalue weighted by Gasteiger charge is -2.26. The Morgan fingerprint density at radius 2 is 1.72 bits per heavy atom. The van der Waals surface area contributed by atoms with Crippen molar-refractivity contribution in [1.29, 1.82) is 0 Å². The van der Waals surface area contributed by atoms with Crippen LogP contribution in [0.1, 0.15) is 37.3 Å². The quantitative estimate of drug-likeness (QED) is 0.293. The zero-order chi connectivity index (χ0) is 22.1. The first-order valence-corrected chi connectivity index (χ1v) is 10.8. The van der Waals surface area contributed by atoms with E-state index in [0.29, 0.717) is 31.0 Å². The molecule has 7 nitrogen and oxygen atoms in total. The number of methoxy groups -OCH3 is 2. The second-order valence-electron chi connectivity index (χ2n) is 7.41. The second kappa shape index (κ2) is 13.1. The van der Waals surface area contributed by atoms with Crippen molar-refractivity contribution in [3.63, 3.8) is 0 Å². The largest absolute Gasteiger partial charge is 0.493 e. The third-order valence-electron chi connectivity index (χ3n) is 5.24. The van der Waals surface area contributed by atoms with Crippen LogP contribution in [0.2, 0.25) is 0 Å². The molecule has 2 N–H and O–H groups in total. The predicted octanol–water partition coefficient (Wildman–Crippen LogP) is 4.09. The summed E-state index contributed by atoms with van der Waals surface area (Å²) >= 11 is 0. The lowest BCUT2D eigenvalue weighted by atomic mass is 10.1. The van der Waals surface area contributed by atoms with Gasteiger partial charge < -0.3 is 25.0 Å². The fourth-order valence-electron chi connectivity index (χ4n) is 3.55. The van der Waals surface area contributed by atoms with Gasteiger partial charge in [-0.3, -0.25) is 4.79 Å². The molecule has 0 atom stereocenters. The number of halogens is 1. The monoisotopic (exact) mass is 552 g/mol. The van der Waals surface area contributed by atoms with E-state index in [1.165, 1.54) is 0 Å². The molecule has 0 radical (unpaired) electrons. The molecule has 1 amide bonds. The van der Waals surface area contributed by atoms with Gasteiger partial charge in [-0.25, -0.2) is 4.99 Å². The summed E-state index contributed by atoms with van der Waals surface area (Å²) in [5.74, 6) is 2.36. The number of piperidine rings is 1.